The van der Waals surface area contributed by atoms with Gasteiger partial charge < -0.3 is 5.32 Å². The van der Waals surface area contributed by atoms with Gasteiger partial charge >= 0.3 is 0 Å². The van der Waals surface area contributed by atoms with Crippen LogP contribution in [0.4, 0.5) is 0 Å². The van der Waals surface area contributed by atoms with Gasteiger partial charge in [0.2, 0.25) is 0 Å². The normalized spacial score (nSPS) is 10.5. The minimum atomic E-state index is -0.0968. The zero-order valence-corrected chi connectivity index (χ0v) is 10.3. The van der Waals surface area contributed by atoms with E-state index in [-0.39, 0.29) is 5.91 Å². The topological polar surface area (TPSA) is 29.1 Å². The van der Waals surface area contributed by atoms with Crippen molar-refractivity contribution in [2.45, 2.75) is 6.92 Å². The highest BCUT2D eigenvalue weighted by molar-refractivity contribution is 5.95. The van der Waals surface area contributed by atoms with Crippen LogP contribution in [0.2, 0.25) is 0 Å². The Balaban J connectivity index is 2.00. The predicted molar refractivity (Wildman–Crippen MR) is 74.1 cm³/mol. The van der Waals surface area contributed by atoms with E-state index in [2.05, 4.69) is 5.32 Å². The molecule has 1 N–H and O–H groups in total. The highest BCUT2D eigenvalue weighted by Crippen LogP contribution is 2.08. The van der Waals surface area contributed by atoms with Crippen molar-refractivity contribution in [2.24, 2.45) is 0 Å². The summed E-state index contributed by atoms with van der Waals surface area (Å²) in [5, 5.41) is 2.76. The summed E-state index contributed by atoms with van der Waals surface area (Å²) in [5.41, 5.74) is 2.94. The fourth-order valence-corrected chi connectivity index (χ4v) is 1.65. The van der Waals surface area contributed by atoms with Crippen LogP contribution in [0.3, 0.4) is 0 Å². The molecule has 0 spiro atoms. The maximum Gasteiger partial charge on any atom is 0.255 e. The van der Waals surface area contributed by atoms with Crippen molar-refractivity contribution in [3.05, 3.63) is 77.5 Å². The summed E-state index contributed by atoms with van der Waals surface area (Å²) in [5.74, 6) is -0.0968. The zero-order valence-electron chi connectivity index (χ0n) is 10.3. The van der Waals surface area contributed by atoms with E-state index in [0.29, 0.717) is 5.56 Å². The third-order valence-corrected chi connectivity index (χ3v) is 2.70. The Morgan fingerprint density at radius 2 is 1.67 bits per heavy atom. The Morgan fingerprint density at radius 3 is 2.39 bits per heavy atom. The van der Waals surface area contributed by atoms with Gasteiger partial charge in [-0.3, -0.25) is 4.79 Å². The molecule has 1 amide bonds. The summed E-state index contributed by atoms with van der Waals surface area (Å²) in [6.45, 7) is 2.04. The number of rotatable bonds is 3. The molecule has 0 radical (unpaired) electrons. The minimum absolute atomic E-state index is 0.0968. The first-order valence-corrected chi connectivity index (χ1v) is 5.85. The monoisotopic (exact) mass is 237 g/mol. The van der Waals surface area contributed by atoms with Crippen molar-refractivity contribution in [3.63, 3.8) is 0 Å². The number of carbonyl (C=O) groups excluding carboxylic acids is 1. The van der Waals surface area contributed by atoms with Crippen LogP contribution in [-0.4, -0.2) is 5.91 Å². The van der Waals surface area contributed by atoms with Crippen molar-refractivity contribution < 1.29 is 4.79 Å². The molecule has 2 rings (SSSR count). The Hall–Kier alpha value is -2.35. The molecule has 2 nitrogen and oxygen atoms in total. The molecule has 0 heterocycles. The third kappa shape index (κ3) is 3.08. The van der Waals surface area contributed by atoms with Crippen LogP contribution < -0.4 is 5.32 Å². The minimum Gasteiger partial charge on any atom is -0.329 e. The lowest BCUT2D eigenvalue weighted by atomic mass is 10.1. The standard InChI is InChI=1S/C16H15NO/c1-13-7-5-6-8-14(13)11-12-17-16(18)15-9-3-2-4-10-15/h2-12H,1H3,(H,17,18). The second-order valence-electron chi connectivity index (χ2n) is 4.03. The number of nitrogens with one attached hydrogen (secondary N) is 1. The fraction of sp³-hybridized carbons (Fsp3) is 0.0625. The molecule has 0 aromatic heterocycles. The number of aryl methyl sites for hydroxylation is 1. The van der Waals surface area contributed by atoms with E-state index in [4.69, 9.17) is 0 Å². The van der Waals surface area contributed by atoms with Crippen LogP contribution >= 0.6 is 0 Å². The van der Waals surface area contributed by atoms with E-state index in [1.165, 1.54) is 5.56 Å². The van der Waals surface area contributed by atoms with Gasteiger partial charge in [-0.2, -0.15) is 0 Å². The molecular weight excluding hydrogens is 222 g/mol. The van der Waals surface area contributed by atoms with Gasteiger partial charge in [0.1, 0.15) is 0 Å². The summed E-state index contributed by atoms with van der Waals surface area (Å²) in [4.78, 5) is 11.8. The van der Waals surface area contributed by atoms with Gasteiger partial charge in [0, 0.05) is 11.8 Å². The lowest BCUT2D eigenvalue weighted by Crippen LogP contribution is -2.16. The summed E-state index contributed by atoms with van der Waals surface area (Å²) in [6, 6.07) is 17.2. The molecule has 2 aromatic carbocycles. The average molecular weight is 237 g/mol. The van der Waals surface area contributed by atoms with Crippen molar-refractivity contribution >= 4 is 12.0 Å². The van der Waals surface area contributed by atoms with Crippen LogP contribution in [0.25, 0.3) is 6.08 Å². The molecule has 0 aliphatic carbocycles. The van der Waals surface area contributed by atoms with Crippen molar-refractivity contribution in [2.75, 3.05) is 0 Å². The number of carbonyl (C=O) groups is 1. The Labute approximate surface area is 107 Å². The van der Waals surface area contributed by atoms with Crippen LogP contribution in [0, 0.1) is 6.92 Å². The quantitative estimate of drug-likeness (QED) is 0.871. The second kappa shape index (κ2) is 5.82. The van der Waals surface area contributed by atoms with E-state index in [1.54, 1.807) is 18.3 Å². The summed E-state index contributed by atoms with van der Waals surface area (Å²) in [7, 11) is 0. The molecule has 0 aliphatic heterocycles. The molecule has 0 atom stereocenters. The van der Waals surface area contributed by atoms with Crippen molar-refractivity contribution in [1.29, 1.82) is 0 Å². The molecule has 2 heteroatoms. The van der Waals surface area contributed by atoms with Crippen molar-refractivity contribution in [1.82, 2.24) is 5.32 Å². The Bertz CT molecular complexity index is 558. The van der Waals surface area contributed by atoms with Gasteiger partial charge in [0.25, 0.3) is 5.91 Å². The van der Waals surface area contributed by atoms with Crippen LogP contribution in [0.5, 0.6) is 0 Å². The SMILES string of the molecule is Cc1ccccc1C=CNC(=O)c1ccccc1. The van der Waals surface area contributed by atoms with Gasteiger partial charge in [-0.25, -0.2) is 0 Å². The van der Waals surface area contributed by atoms with Gasteiger partial charge in [0.05, 0.1) is 0 Å². The maximum atomic E-state index is 11.8. The van der Waals surface area contributed by atoms with Crippen LogP contribution in [0.15, 0.2) is 60.8 Å². The summed E-state index contributed by atoms with van der Waals surface area (Å²) in [6.07, 6.45) is 3.58. The number of amides is 1. The third-order valence-electron chi connectivity index (χ3n) is 2.70. The van der Waals surface area contributed by atoms with Gasteiger partial charge in [-0.1, -0.05) is 42.5 Å². The van der Waals surface area contributed by atoms with E-state index in [0.717, 1.165) is 5.56 Å². The fourth-order valence-electron chi connectivity index (χ4n) is 1.65. The van der Waals surface area contributed by atoms with E-state index < -0.39 is 0 Å². The van der Waals surface area contributed by atoms with Crippen molar-refractivity contribution in [3.8, 4) is 0 Å². The van der Waals surface area contributed by atoms with Gasteiger partial charge in [0.15, 0.2) is 0 Å². The smallest absolute Gasteiger partial charge is 0.255 e. The molecule has 0 bridgehead atoms. The molecule has 18 heavy (non-hydrogen) atoms. The number of hydrogen-bond acceptors (Lipinski definition) is 1. The largest absolute Gasteiger partial charge is 0.329 e. The predicted octanol–water partition coefficient (Wildman–Crippen LogP) is 3.40. The molecule has 0 saturated carbocycles. The molecule has 90 valence electrons. The van der Waals surface area contributed by atoms with E-state index >= 15 is 0 Å². The lowest BCUT2D eigenvalue weighted by Gasteiger charge is -2.01. The first-order valence-electron chi connectivity index (χ1n) is 5.85. The number of benzene rings is 2. The second-order valence-corrected chi connectivity index (χ2v) is 4.03. The maximum absolute atomic E-state index is 11.8. The number of hydrogen-bond donors (Lipinski definition) is 1. The first kappa shape index (κ1) is 12.1. The van der Waals surface area contributed by atoms with Crippen LogP contribution in [-0.2, 0) is 0 Å². The highest BCUT2D eigenvalue weighted by Gasteiger charge is 2.00. The van der Waals surface area contributed by atoms with Gasteiger partial charge in [-0.05, 0) is 36.3 Å². The average Bonchev–Trinajstić information content (AvgIpc) is 2.42. The lowest BCUT2D eigenvalue weighted by molar-refractivity contribution is 0.0970. The Morgan fingerprint density at radius 1 is 1.00 bits per heavy atom. The summed E-state index contributed by atoms with van der Waals surface area (Å²) < 4.78 is 0. The zero-order chi connectivity index (χ0) is 12.8. The van der Waals surface area contributed by atoms with Gasteiger partial charge in [-0.15, -0.1) is 0 Å². The van der Waals surface area contributed by atoms with E-state index in [9.17, 15) is 4.79 Å². The Kier molecular flexibility index (Phi) is 3.92. The molecule has 2 aromatic rings. The molecule has 0 aliphatic rings. The summed E-state index contributed by atoms with van der Waals surface area (Å²) >= 11 is 0. The molecular formula is C16H15NO. The van der Waals surface area contributed by atoms with Crippen LogP contribution in [0.1, 0.15) is 21.5 Å². The molecule has 0 unspecified atom stereocenters. The molecule has 0 saturated heterocycles. The molecule has 0 fully saturated rings. The van der Waals surface area contributed by atoms with E-state index in [1.807, 2.05) is 55.5 Å². The first-order chi connectivity index (χ1) is 8.77. The highest BCUT2D eigenvalue weighted by atomic mass is 16.1.